The Labute approximate surface area is 416 Å². The molecule has 0 fully saturated rings. The van der Waals surface area contributed by atoms with E-state index in [1.165, 1.54) is 55.7 Å². The highest BCUT2D eigenvalue weighted by Gasteiger charge is 2.46. The van der Waals surface area contributed by atoms with Gasteiger partial charge >= 0.3 is 0 Å². The number of hydrogen-bond acceptors (Lipinski definition) is 4. The van der Waals surface area contributed by atoms with Crippen molar-refractivity contribution in [1.29, 1.82) is 0 Å². The highest BCUT2D eigenvalue weighted by molar-refractivity contribution is 7.00. The number of anilines is 6. The lowest BCUT2D eigenvalue weighted by molar-refractivity contribution is 0.589. The van der Waals surface area contributed by atoms with Crippen LogP contribution in [-0.4, -0.2) is 11.7 Å². The van der Waals surface area contributed by atoms with Gasteiger partial charge in [0.05, 0.1) is 5.69 Å². The highest BCUT2D eigenvalue weighted by atomic mass is 16.3. The third-order valence-corrected chi connectivity index (χ3v) is 14.7. The average molecular weight is 914 g/mol. The van der Waals surface area contributed by atoms with E-state index in [4.69, 9.17) is 9.40 Å². The molecule has 0 radical (unpaired) electrons. The van der Waals surface area contributed by atoms with Crippen LogP contribution in [0, 0.1) is 0 Å². The van der Waals surface area contributed by atoms with Crippen molar-refractivity contribution < 1.29 is 4.42 Å². The third-order valence-electron chi connectivity index (χ3n) is 14.7. The van der Waals surface area contributed by atoms with Gasteiger partial charge in [-0.15, -0.1) is 0 Å². The fourth-order valence-electron chi connectivity index (χ4n) is 10.7. The van der Waals surface area contributed by atoms with Crippen LogP contribution in [0.3, 0.4) is 0 Å². The number of nitrogens with zero attached hydrogens (tertiary/aromatic N) is 3. The van der Waals surface area contributed by atoms with Crippen LogP contribution in [-0.2, 0) is 21.7 Å². The molecule has 11 rings (SSSR count). The van der Waals surface area contributed by atoms with Crippen molar-refractivity contribution in [2.24, 2.45) is 0 Å². The van der Waals surface area contributed by atoms with E-state index in [0.29, 0.717) is 5.89 Å². The molecule has 70 heavy (non-hydrogen) atoms. The van der Waals surface area contributed by atoms with Crippen LogP contribution >= 0.6 is 0 Å². The first kappa shape index (κ1) is 45.3. The normalized spacial score (nSPS) is 13.6. The van der Waals surface area contributed by atoms with Crippen molar-refractivity contribution in [1.82, 2.24) is 4.98 Å². The van der Waals surface area contributed by atoms with Gasteiger partial charge in [-0.2, -0.15) is 0 Å². The van der Waals surface area contributed by atoms with Gasteiger partial charge in [0, 0.05) is 45.1 Å². The predicted molar refractivity (Wildman–Crippen MR) is 299 cm³/mol. The van der Waals surface area contributed by atoms with E-state index in [9.17, 15) is 0 Å². The summed E-state index contributed by atoms with van der Waals surface area (Å²) in [7, 11) is 0. The topological polar surface area (TPSA) is 32.5 Å². The largest absolute Gasteiger partial charge is 0.436 e. The Morgan fingerprint density at radius 3 is 1.44 bits per heavy atom. The molecule has 0 saturated carbocycles. The Hall–Kier alpha value is -7.11. The molecular formula is C65H64BN3O. The fourth-order valence-corrected chi connectivity index (χ4v) is 10.7. The molecule has 0 unspecified atom stereocenters. The lowest BCUT2D eigenvalue weighted by Crippen LogP contribution is -2.61. The summed E-state index contributed by atoms with van der Waals surface area (Å²) in [6.45, 7) is 27.5. The van der Waals surface area contributed by atoms with Crippen LogP contribution < -0.4 is 26.2 Å². The first-order valence-corrected chi connectivity index (χ1v) is 25.1. The minimum atomic E-state index is -0.181. The quantitative estimate of drug-likeness (QED) is 0.161. The van der Waals surface area contributed by atoms with Gasteiger partial charge in [-0.05, 0) is 126 Å². The molecule has 0 spiro atoms. The number of hydrogen-bond donors (Lipinski definition) is 0. The van der Waals surface area contributed by atoms with Crippen LogP contribution in [0.15, 0.2) is 174 Å². The first-order chi connectivity index (χ1) is 33.2. The molecule has 9 aromatic rings. The van der Waals surface area contributed by atoms with Gasteiger partial charge in [-0.1, -0.05) is 198 Å². The van der Waals surface area contributed by atoms with E-state index in [1.807, 2.05) is 0 Å². The molecule has 8 aromatic carbocycles. The summed E-state index contributed by atoms with van der Waals surface area (Å²) in [6, 6.07) is 63.5. The summed E-state index contributed by atoms with van der Waals surface area (Å²) in [5.41, 5.74) is 22.8. The molecular weight excluding hydrogens is 850 g/mol. The summed E-state index contributed by atoms with van der Waals surface area (Å²) in [6.07, 6.45) is 0. The molecule has 4 nitrogen and oxygen atoms in total. The second-order valence-electron chi connectivity index (χ2n) is 23.8. The zero-order valence-corrected chi connectivity index (χ0v) is 43.0. The molecule has 1 aromatic heterocycles. The second-order valence-corrected chi connectivity index (χ2v) is 23.8. The first-order valence-electron chi connectivity index (χ1n) is 25.1. The highest BCUT2D eigenvalue weighted by Crippen LogP contribution is 2.51. The van der Waals surface area contributed by atoms with Crippen molar-refractivity contribution in [3.63, 3.8) is 0 Å². The minimum absolute atomic E-state index is 0.0188. The van der Waals surface area contributed by atoms with Gasteiger partial charge < -0.3 is 14.2 Å². The summed E-state index contributed by atoms with van der Waals surface area (Å²) >= 11 is 0. The van der Waals surface area contributed by atoms with Gasteiger partial charge in [0.2, 0.25) is 5.89 Å². The second kappa shape index (κ2) is 16.2. The number of benzene rings is 8. The van der Waals surface area contributed by atoms with E-state index >= 15 is 0 Å². The van der Waals surface area contributed by atoms with Gasteiger partial charge in [-0.3, -0.25) is 0 Å². The maximum Gasteiger partial charge on any atom is 0.252 e. The zero-order chi connectivity index (χ0) is 49.1. The van der Waals surface area contributed by atoms with Crippen molar-refractivity contribution in [3.05, 3.63) is 192 Å². The number of para-hydroxylation sites is 1. The predicted octanol–water partition coefficient (Wildman–Crippen LogP) is 16.1. The smallest absolute Gasteiger partial charge is 0.252 e. The van der Waals surface area contributed by atoms with Crippen LogP contribution in [0.5, 0.6) is 0 Å². The molecule has 5 heteroatoms. The van der Waals surface area contributed by atoms with E-state index in [0.717, 1.165) is 56.0 Å². The molecule has 0 amide bonds. The maximum absolute atomic E-state index is 6.92. The van der Waals surface area contributed by atoms with Crippen LogP contribution in [0.25, 0.3) is 44.8 Å². The Morgan fingerprint density at radius 2 is 0.900 bits per heavy atom. The van der Waals surface area contributed by atoms with Crippen molar-refractivity contribution >= 4 is 68.3 Å². The molecule has 0 atom stereocenters. The van der Waals surface area contributed by atoms with Gasteiger partial charge in [0.25, 0.3) is 6.71 Å². The van der Waals surface area contributed by atoms with E-state index < -0.39 is 0 Å². The lowest BCUT2D eigenvalue weighted by Gasteiger charge is -2.46. The molecule has 348 valence electrons. The standard InChI is InChI=1S/C65H64BN3O/c1-62(2,3)44-28-26-43(27-29-44)61-67-53-40-55-52(39-58(53)70-61)66-51-36-46(64(7,8)9)32-35-54(51)68(48-33-30-45(31-34-48)63(4,5)6)56-37-47(65(10,11)12)38-57(59(56)66)69(55)60-49(41-20-15-13-16-21-41)24-19-25-50(60)42-22-17-14-18-23-42/h13-40H,1-12H3. The number of rotatable bonds is 5. The molecule has 0 aliphatic carbocycles. The lowest BCUT2D eigenvalue weighted by atomic mass is 9.33. The summed E-state index contributed by atoms with van der Waals surface area (Å²) in [4.78, 5) is 10.5. The molecule has 3 heterocycles. The Morgan fingerprint density at radius 1 is 0.400 bits per heavy atom. The summed E-state index contributed by atoms with van der Waals surface area (Å²) in [5.74, 6) is 0.621. The van der Waals surface area contributed by atoms with E-state index in [-0.39, 0.29) is 28.4 Å². The van der Waals surface area contributed by atoms with Gasteiger partial charge in [-0.25, -0.2) is 4.98 Å². The zero-order valence-electron chi connectivity index (χ0n) is 43.0. The number of fused-ring (bicyclic) bond motifs is 5. The third kappa shape index (κ3) is 7.75. The summed E-state index contributed by atoms with van der Waals surface area (Å²) in [5, 5.41) is 0. The molecule has 2 aliphatic heterocycles. The van der Waals surface area contributed by atoms with Crippen molar-refractivity contribution in [2.75, 3.05) is 9.80 Å². The van der Waals surface area contributed by atoms with Crippen LogP contribution in [0.1, 0.15) is 105 Å². The van der Waals surface area contributed by atoms with Crippen molar-refractivity contribution in [3.8, 4) is 33.7 Å². The van der Waals surface area contributed by atoms with Crippen LogP contribution in [0.4, 0.5) is 34.1 Å². The van der Waals surface area contributed by atoms with E-state index in [2.05, 4.69) is 263 Å². The molecule has 0 bridgehead atoms. The average Bonchev–Trinajstić information content (AvgIpc) is 3.75. The molecule has 0 N–H and O–H groups in total. The van der Waals surface area contributed by atoms with E-state index in [1.54, 1.807) is 0 Å². The minimum Gasteiger partial charge on any atom is -0.436 e. The van der Waals surface area contributed by atoms with Gasteiger partial charge in [0.1, 0.15) is 5.52 Å². The number of aromatic nitrogens is 1. The monoisotopic (exact) mass is 914 g/mol. The Bertz CT molecular complexity index is 3390. The Kier molecular flexibility index (Phi) is 10.5. The SMILES string of the molecule is CC(C)(C)c1ccc(-c2nc3cc4c(cc3o2)B2c3cc(C(C)(C)C)ccc3N(c3ccc(C(C)(C)C)cc3)c3cc(C(C)(C)C)cc(c32)N4c2c(-c3ccccc3)cccc2-c2ccccc2)cc1. The Balaban J connectivity index is 1.28. The van der Waals surface area contributed by atoms with Crippen molar-refractivity contribution in [2.45, 2.75) is 105 Å². The van der Waals surface area contributed by atoms with Gasteiger partial charge in [0.15, 0.2) is 5.58 Å². The fraction of sp³-hybridized carbons (Fsp3) is 0.246. The summed E-state index contributed by atoms with van der Waals surface area (Å²) < 4.78 is 6.92. The maximum atomic E-state index is 6.92. The molecule has 2 aliphatic rings. The number of oxazole rings is 1. The molecule has 0 saturated heterocycles. The van der Waals surface area contributed by atoms with Crippen LogP contribution in [0.2, 0.25) is 0 Å².